The van der Waals surface area contributed by atoms with Crippen LogP contribution in [0, 0.1) is 0 Å². The van der Waals surface area contributed by atoms with E-state index in [9.17, 15) is 0 Å². The van der Waals surface area contributed by atoms with Crippen LogP contribution < -0.4 is 10.5 Å². The number of nitrogen functional groups attached to an aromatic ring is 1. The second-order valence-corrected chi connectivity index (χ2v) is 6.29. The van der Waals surface area contributed by atoms with Gasteiger partial charge in [0.25, 0.3) is 0 Å². The van der Waals surface area contributed by atoms with Crippen LogP contribution in [0.4, 0.5) is 5.13 Å². The maximum Gasteiger partial charge on any atom is 0.214 e. The van der Waals surface area contributed by atoms with E-state index >= 15 is 0 Å². The molecule has 2 N–H and O–H groups in total. The molecule has 0 atom stereocenters. The topological polar surface area (TPSA) is 78.3 Å². The van der Waals surface area contributed by atoms with Crippen LogP contribution in [-0.4, -0.2) is 26.7 Å². The lowest BCUT2D eigenvalue weighted by Crippen LogP contribution is -1.96. The Morgan fingerprint density at radius 2 is 1.88 bits per heavy atom. The van der Waals surface area contributed by atoms with Crippen LogP contribution >= 0.6 is 11.3 Å². The van der Waals surface area contributed by atoms with Gasteiger partial charge in [0.1, 0.15) is 5.75 Å². The minimum absolute atomic E-state index is 0.504. The van der Waals surface area contributed by atoms with Gasteiger partial charge in [-0.25, -0.2) is 9.50 Å². The normalized spacial score (nSPS) is 11.0. The number of ether oxygens (including phenoxy) is 1. The van der Waals surface area contributed by atoms with Crippen molar-refractivity contribution in [1.82, 2.24) is 19.6 Å². The van der Waals surface area contributed by atoms with E-state index in [1.807, 2.05) is 40.9 Å². The number of imidazole rings is 1. The lowest BCUT2D eigenvalue weighted by molar-refractivity contribution is 0.414. The molecule has 24 heavy (non-hydrogen) atoms. The molecule has 3 aromatic heterocycles. The van der Waals surface area contributed by atoms with Crippen molar-refractivity contribution in [1.29, 1.82) is 0 Å². The van der Waals surface area contributed by atoms with Gasteiger partial charge in [0.05, 0.1) is 18.5 Å². The lowest BCUT2D eigenvalue weighted by atomic mass is 10.1. The van der Waals surface area contributed by atoms with E-state index in [1.165, 1.54) is 11.3 Å². The third kappa shape index (κ3) is 2.59. The Hall–Kier alpha value is -2.93. The van der Waals surface area contributed by atoms with Crippen LogP contribution in [-0.2, 0) is 6.42 Å². The van der Waals surface area contributed by atoms with Crippen LogP contribution in [0.3, 0.4) is 0 Å². The number of pyridine rings is 1. The summed E-state index contributed by atoms with van der Waals surface area (Å²) in [5.74, 6) is 0.841. The van der Waals surface area contributed by atoms with E-state index in [-0.39, 0.29) is 0 Å². The van der Waals surface area contributed by atoms with Crippen LogP contribution in [0.2, 0.25) is 0 Å². The lowest BCUT2D eigenvalue weighted by Gasteiger charge is -2.05. The molecule has 0 aliphatic carbocycles. The summed E-state index contributed by atoms with van der Waals surface area (Å²) in [5, 5.41) is 4.89. The van der Waals surface area contributed by atoms with E-state index in [0.29, 0.717) is 11.6 Å². The molecule has 0 fully saturated rings. The molecular formula is C17H15N5OS. The van der Waals surface area contributed by atoms with Gasteiger partial charge in [-0.3, -0.25) is 4.98 Å². The number of benzene rings is 1. The maximum absolute atomic E-state index is 5.84. The van der Waals surface area contributed by atoms with Gasteiger partial charge in [-0.2, -0.15) is 0 Å². The Balaban J connectivity index is 1.80. The van der Waals surface area contributed by atoms with Gasteiger partial charge in [-0.15, -0.1) is 5.10 Å². The van der Waals surface area contributed by atoms with Crippen LogP contribution in [0.25, 0.3) is 16.2 Å². The van der Waals surface area contributed by atoms with E-state index in [1.54, 1.807) is 19.5 Å². The van der Waals surface area contributed by atoms with Crippen LogP contribution in [0.1, 0.15) is 11.3 Å². The Labute approximate surface area is 142 Å². The Morgan fingerprint density at radius 1 is 1.12 bits per heavy atom. The van der Waals surface area contributed by atoms with Crippen molar-refractivity contribution in [3.8, 4) is 17.0 Å². The molecule has 0 aliphatic heterocycles. The Bertz CT molecular complexity index is 976. The smallest absolute Gasteiger partial charge is 0.214 e. The number of nitrogens with two attached hydrogens (primary N) is 1. The summed E-state index contributed by atoms with van der Waals surface area (Å²) in [7, 11) is 1.66. The summed E-state index contributed by atoms with van der Waals surface area (Å²) in [6, 6.07) is 11.9. The summed E-state index contributed by atoms with van der Waals surface area (Å²) in [5.41, 5.74) is 9.93. The molecule has 0 bridgehead atoms. The standard InChI is InChI=1S/C17H15N5OS/c1-23-13-4-2-11(3-5-13)10-14-15(12-6-8-19-9-7-12)22-17(20-14)24-16(18)21-22/h2-9H,10H2,1H3,(H2,18,21). The van der Waals surface area contributed by atoms with Gasteiger partial charge in [-0.05, 0) is 29.8 Å². The first-order chi connectivity index (χ1) is 11.7. The fourth-order valence-electron chi connectivity index (χ4n) is 2.66. The Morgan fingerprint density at radius 3 is 2.58 bits per heavy atom. The fraction of sp³-hybridized carbons (Fsp3) is 0.118. The minimum atomic E-state index is 0.504. The zero-order valence-corrected chi connectivity index (χ0v) is 13.8. The molecule has 0 unspecified atom stereocenters. The molecule has 0 radical (unpaired) electrons. The zero-order valence-electron chi connectivity index (χ0n) is 13.0. The number of hydrogen-bond donors (Lipinski definition) is 1. The highest BCUT2D eigenvalue weighted by Gasteiger charge is 2.17. The maximum atomic E-state index is 5.84. The van der Waals surface area contributed by atoms with Gasteiger partial charge >= 0.3 is 0 Å². The van der Waals surface area contributed by atoms with Gasteiger partial charge < -0.3 is 10.5 Å². The van der Waals surface area contributed by atoms with Gasteiger partial charge in [0, 0.05) is 24.4 Å². The van der Waals surface area contributed by atoms with Crippen molar-refractivity contribution < 1.29 is 4.74 Å². The molecule has 0 spiro atoms. The second kappa shape index (κ2) is 5.93. The summed E-state index contributed by atoms with van der Waals surface area (Å²) < 4.78 is 7.03. The molecule has 4 rings (SSSR count). The Kier molecular flexibility index (Phi) is 3.62. The molecule has 3 heterocycles. The van der Waals surface area contributed by atoms with E-state index in [0.717, 1.165) is 33.2 Å². The van der Waals surface area contributed by atoms with Crippen LogP contribution in [0.5, 0.6) is 5.75 Å². The summed E-state index contributed by atoms with van der Waals surface area (Å²) >= 11 is 1.38. The molecule has 0 saturated heterocycles. The van der Waals surface area contributed by atoms with Gasteiger partial charge in [0.2, 0.25) is 10.1 Å². The highest BCUT2D eigenvalue weighted by atomic mass is 32.1. The average molecular weight is 337 g/mol. The van der Waals surface area contributed by atoms with E-state index in [4.69, 9.17) is 15.5 Å². The largest absolute Gasteiger partial charge is 0.497 e. The molecule has 4 aromatic rings. The molecular weight excluding hydrogens is 322 g/mol. The number of methoxy groups -OCH3 is 1. The minimum Gasteiger partial charge on any atom is -0.497 e. The van der Waals surface area contributed by atoms with E-state index in [2.05, 4.69) is 10.1 Å². The number of nitrogens with zero attached hydrogens (tertiary/aromatic N) is 4. The SMILES string of the molecule is COc1ccc(Cc2nc3sc(N)nn3c2-c2ccncc2)cc1. The number of aromatic nitrogens is 4. The molecule has 0 amide bonds. The van der Waals surface area contributed by atoms with Gasteiger partial charge in [0.15, 0.2) is 0 Å². The van der Waals surface area contributed by atoms with Gasteiger partial charge in [-0.1, -0.05) is 23.5 Å². The zero-order chi connectivity index (χ0) is 16.5. The molecule has 6 nitrogen and oxygen atoms in total. The third-order valence-electron chi connectivity index (χ3n) is 3.78. The average Bonchev–Trinajstić information content (AvgIpc) is 3.11. The highest BCUT2D eigenvalue weighted by Crippen LogP contribution is 2.29. The number of hydrogen-bond acceptors (Lipinski definition) is 6. The summed E-state index contributed by atoms with van der Waals surface area (Å²) in [6.45, 7) is 0. The van der Waals surface area contributed by atoms with Crippen molar-refractivity contribution in [2.75, 3.05) is 12.8 Å². The van der Waals surface area contributed by atoms with Crippen molar-refractivity contribution in [3.05, 3.63) is 60.0 Å². The third-order valence-corrected chi connectivity index (χ3v) is 4.51. The van der Waals surface area contributed by atoms with Crippen molar-refractivity contribution in [2.24, 2.45) is 0 Å². The van der Waals surface area contributed by atoms with E-state index < -0.39 is 0 Å². The van der Waals surface area contributed by atoms with Crippen molar-refractivity contribution in [2.45, 2.75) is 6.42 Å². The number of anilines is 1. The molecule has 1 aromatic carbocycles. The number of rotatable bonds is 4. The predicted molar refractivity (Wildman–Crippen MR) is 94.3 cm³/mol. The number of fused-ring (bicyclic) bond motifs is 1. The predicted octanol–water partition coefficient (Wildman–Crippen LogP) is 3.03. The summed E-state index contributed by atoms with van der Waals surface area (Å²) in [4.78, 5) is 9.62. The first-order valence-corrected chi connectivity index (χ1v) is 8.23. The van der Waals surface area contributed by atoms with Crippen molar-refractivity contribution >= 4 is 21.4 Å². The molecule has 120 valence electrons. The molecule has 0 saturated carbocycles. The highest BCUT2D eigenvalue weighted by molar-refractivity contribution is 7.20. The quantitative estimate of drug-likeness (QED) is 0.619. The second-order valence-electron chi connectivity index (χ2n) is 5.30. The summed E-state index contributed by atoms with van der Waals surface area (Å²) in [6.07, 6.45) is 4.24. The van der Waals surface area contributed by atoms with Crippen molar-refractivity contribution in [3.63, 3.8) is 0 Å². The molecule has 7 heteroatoms. The van der Waals surface area contributed by atoms with Crippen LogP contribution in [0.15, 0.2) is 48.8 Å². The molecule has 0 aliphatic rings. The first-order valence-electron chi connectivity index (χ1n) is 7.42. The first kappa shape index (κ1) is 14.6. The fourth-order valence-corrected chi connectivity index (χ4v) is 3.35. The monoisotopic (exact) mass is 337 g/mol.